The Morgan fingerprint density at radius 1 is 1.17 bits per heavy atom. The van der Waals surface area contributed by atoms with Crippen LogP contribution in [0.4, 0.5) is 13.2 Å². The second kappa shape index (κ2) is 6.64. The molecule has 126 valence electrons. The Morgan fingerprint density at radius 2 is 1.91 bits per heavy atom. The standard InChI is InChI=1S/C14H16F3N3O2S/c15-14(16,17)11-1-2-12(19-18-11)23-10-3-6-20(13(10)21)9-4-7-22-8-5-9/h1-2,9-10H,3-8H2/t10-/m1/s1. The quantitative estimate of drug-likeness (QED) is 0.840. The normalized spacial score (nSPS) is 23.5. The summed E-state index contributed by atoms with van der Waals surface area (Å²) < 4.78 is 42.7. The van der Waals surface area contributed by atoms with Gasteiger partial charge in [0.2, 0.25) is 5.91 Å². The van der Waals surface area contributed by atoms with E-state index >= 15 is 0 Å². The molecule has 9 heteroatoms. The first kappa shape index (κ1) is 16.5. The number of amides is 1. The molecule has 0 saturated carbocycles. The Hall–Kier alpha value is -1.35. The smallest absolute Gasteiger partial charge is 0.381 e. The molecular weight excluding hydrogens is 331 g/mol. The van der Waals surface area contributed by atoms with Crippen LogP contribution in [0.3, 0.4) is 0 Å². The van der Waals surface area contributed by atoms with Crippen molar-refractivity contribution in [3.05, 3.63) is 17.8 Å². The summed E-state index contributed by atoms with van der Waals surface area (Å²) in [5.74, 6) is 0.0311. The van der Waals surface area contributed by atoms with Gasteiger partial charge in [-0.25, -0.2) is 0 Å². The number of thioether (sulfide) groups is 1. The maximum atomic E-state index is 12.5. The molecule has 0 spiro atoms. The second-order valence-electron chi connectivity index (χ2n) is 5.52. The van der Waals surface area contributed by atoms with Crippen molar-refractivity contribution in [2.24, 2.45) is 0 Å². The lowest BCUT2D eigenvalue weighted by molar-refractivity contribution is -0.141. The number of rotatable bonds is 3. The number of ether oxygens (including phenoxy) is 1. The van der Waals surface area contributed by atoms with Gasteiger partial charge in [-0.05, 0) is 31.4 Å². The molecule has 0 aliphatic carbocycles. The number of hydrogen-bond donors (Lipinski definition) is 0. The third-order valence-electron chi connectivity index (χ3n) is 4.02. The zero-order valence-electron chi connectivity index (χ0n) is 12.3. The zero-order valence-corrected chi connectivity index (χ0v) is 13.1. The Labute approximate surface area is 135 Å². The second-order valence-corrected chi connectivity index (χ2v) is 6.75. The molecule has 0 aromatic carbocycles. The number of carbonyl (C=O) groups is 1. The molecule has 5 nitrogen and oxygen atoms in total. The number of carbonyl (C=O) groups excluding carboxylic acids is 1. The summed E-state index contributed by atoms with van der Waals surface area (Å²) >= 11 is 1.18. The third kappa shape index (κ3) is 3.77. The summed E-state index contributed by atoms with van der Waals surface area (Å²) in [5.41, 5.74) is -1.02. The van der Waals surface area contributed by atoms with Crippen LogP contribution in [0.5, 0.6) is 0 Å². The number of aromatic nitrogens is 2. The molecule has 0 unspecified atom stereocenters. The molecular formula is C14H16F3N3O2S. The number of halogens is 3. The van der Waals surface area contributed by atoms with E-state index in [9.17, 15) is 18.0 Å². The molecule has 3 heterocycles. The molecule has 2 fully saturated rings. The van der Waals surface area contributed by atoms with Crippen LogP contribution >= 0.6 is 11.8 Å². The van der Waals surface area contributed by atoms with Gasteiger partial charge >= 0.3 is 6.18 Å². The van der Waals surface area contributed by atoms with Crippen molar-refractivity contribution in [2.75, 3.05) is 19.8 Å². The van der Waals surface area contributed by atoms with E-state index in [2.05, 4.69) is 10.2 Å². The molecule has 23 heavy (non-hydrogen) atoms. The minimum atomic E-state index is -4.50. The van der Waals surface area contributed by atoms with Gasteiger partial charge in [-0.1, -0.05) is 11.8 Å². The summed E-state index contributed by atoms with van der Waals surface area (Å²) in [5, 5.41) is 6.81. The summed E-state index contributed by atoms with van der Waals surface area (Å²) in [6.45, 7) is 2.00. The van der Waals surface area contributed by atoms with E-state index in [-0.39, 0.29) is 17.2 Å². The first-order valence-electron chi connectivity index (χ1n) is 7.41. The van der Waals surface area contributed by atoms with E-state index in [0.717, 1.165) is 18.9 Å². The van der Waals surface area contributed by atoms with Gasteiger partial charge < -0.3 is 9.64 Å². The Morgan fingerprint density at radius 3 is 2.52 bits per heavy atom. The van der Waals surface area contributed by atoms with Crippen LogP contribution < -0.4 is 0 Å². The molecule has 1 amide bonds. The van der Waals surface area contributed by atoms with Crippen molar-refractivity contribution in [1.82, 2.24) is 15.1 Å². The van der Waals surface area contributed by atoms with Crippen LogP contribution in [0.25, 0.3) is 0 Å². The topological polar surface area (TPSA) is 55.3 Å². The van der Waals surface area contributed by atoms with Crippen LogP contribution in [0.15, 0.2) is 17.2 Å². The van der Waals surface area contributed by atoms with Crippen molar-refractivity contribution < 1.29 is 22.7 Å². The molecule has 1 aromatic rings. The third-order valence-corrected chi connectivity index (χ3v) is 5.20. The molecule has 0 radical (unpaired) electrons. The van der Waals surface area contributed by atoms with Crippen LogP contribution in [0, 0.1) is 0 Å². The zero-order chi connectivity index (χ0) is 16.4. The molecule has 1 aromatic heterocycles. The SMILES string of the molecule is O=C1[C@H](Sc2ccc(C(F)(F)F)nn2)CCN1C1CCOCC1. The maximum absolute atomic E-state index is 12.5. The number of alkyl halides is 3. The first-order valence-corrected chi connectivity index (χ1v) is 8.29. The highest BCUT2D eigenvalue weighted by atomic mass is 32.2. The molecule has 2 saturated heterocycles. The molecule has 0 bridgehead atoms. The predicted molar refractivity (Wildman–Crippen MR) is 76.9 cm³/mol. The van der Waals surface area contributed by atoms with E-state index in [1.54, 1.807) is 0 Å². The van der Waals surface area contributed by atoms with Crippen LogP contribution in [0.2, 0.25) is 0 Å². The van der Waals surface area contributed by atoms with Gasteiger partial charge in [0.05, 0.1) is 5.25 Å². The fourth-order valence-corrected chi connectivity index (χ4v) is 3.81. The van der Waals surface area contributed by atoms with E-state index in [4.69, 9.17) is 4.74 Å². The summed E-state index contributed by atoms with van der Waals surface area (Å²) in [6.07, 6.45) is -2.16. The van der Waals surface area contributed by atoms with Gasteiger partial charge in [-0.3, -0.25) is 4.79 Å². The highest BCUT2D eigenvalue weighted by Crippen LogP contribution is 2.33. The monoisotopic (exact) mass is 347 g/mol. The van der Waals surface area contributed by atoms with Gasteiger partial charge in [-0.2, -0.15) is 13.2 Å². The maximum Gasteiger partial charge on any atom is 0.435 e. The van der Waals surface area contributed by atoms with Crippen LogP contribution in [0.1, 0.15) is 25.0 Å². The Bertz CT molecular complexity index is 561. The number of nitrogens with zero attached hydrogens (tertiary/aromatic N) is 3. The fraction of sp³-hybridized carbons (Fsp3) is 0.643. The van der Waals surface area contributed by atoms with E-state index in [1.807, 2.05) is 4.90 Å². The molecule has 2 aliphatic rings. The average molecular weight is 347 g/mol. The lowest BCUT2D eigenvalue weighted by atomic mass is 10.1. The van der Waals surface area contributed by atoms with Gasteiger partial charge in [-0.15, -0.1) is 10.2 Å². The summed E-state index contributed by atoms with van der Waals surface area (Å²) in [4.78, 5) is 14.3. The van der Waals surface area contributed by atoms with Gasteiger partial charge in [0, 0.05) is 25.8 Å². The minimum Gasteiger partial charge on any atom is -0.381 e. The van der Waals surface area contributed by atoms with E-state index in [1.165, 1.54) is 17.8 Å². The van der Waals surface area contributed by atoms with E-state index < -0.39 is 11.9 Å². The lowest BCUT2D eigenvalue weighted by Gasteiger charge is -2.31. The van der Waals surface area contributed by atoms with Crippen LogP contribution in [-0.2, 0) is 15.7 Å². The Kier molecular flexibility index (Phi) is 4.77. The first-order chi connectivity index (χ1) is 10.9. The van der Waals surface area contributed by atoms with Gasteiger partial charge in [0.1, 0.15) is 5.03 Å². The minimum absolute atomic E-state index is 0.0311. The molecule has 0 N–H and O–H groups in total. The lowest BCUT2D eigenvalue weighted by Crippen LogP contribution is -2.41. The van der Waals surface area contributed by atoms with Crippen LogP contribution in [-0.4, -0.2) is 52.1 Å². The Balaban J connectivity index is 1.61. The molecule has 3 rings (SSSR count). The van der Waals surface area contributed by atoms with Gasteiger partial charge in [0.15, 0.2) is 5.69 Å². The predicted octanol–water partition coefficient (Wildman–Crippen LogP) is 2.37. The average Bonchev–Trinajstić information content (AvgIpc) is 2.89. The van der Waals surface area contributed by atoms with Crippen molar-refractivity contribution in [3.8, 4) is 0 Å². The number of likely N-dealkylation sites (tertiary alicyclic amines) is 1. The molecule has 1 atom stereocenters. The molecule has 2 aliphatic heterocycles. The fourth-order valence-electron chi connectivity index (χ4n) is 2.82. The van der Waals surface area contributed by atoms with Crippen molar-refractivity contribution >= 4 is 17.7 Å². The summed E-state index contributed by atoms with van der Waals surface area (Å²) in [6, 6.07) is 2.37. The highest BCUT2D eigenvalue weighted by molar-refractivity contribution is 8.00. The van der Waals surface area contributed by atoms with Crippen molar-refractivity contribution in [3.63, 3.8) is 0 Å². The largest absolute Gasteiger partial charge is 0.435 e. The van der Waals surface area contributed by atoms with Gasteiger partial charge in [0.25, 0.3) is 0 Å². The number of hydrogen-bond acceptors (Lipinski definition) is 5. The highest BCUT2D eigenvalue weighted by Gasteiger charge is 2.37. The van der Waals surface area contributed by atoms with E-state index in [0.29, 0.717) is 31.2 Å². The summed E-state index contributed by atoms with van der Waals surface area (Å²) in [7, 11) is 0. The van der Waals surface area contributed by atoms with Crippen molar-refractivity contribution in [1.29, 1.82) is 0 Å². The van der Waals surface area contributed by atoms with Crippen molar-refractivity contribution in [2.45, 2.75) is 41.8 Å².